The lowest BCUT2D eigenvalue weighted by Gasteiger charge is -2.24. The van der Waals surface area contributed by atoms with Gasteiger partial charge in [0.15, 0.2) is 4.80 Å². The molecule has 0 saturated heterocycles. The van der Waals surface area contributed by atoms with Crippen LogP contribution in [0.25, 0.3) is 6.08 Å². The summed E-state index contributed by atoms with van der Waals surface area (Å²) >= 11 is 1.24. The maximum absolute atomic E-state index is 13.3. The molecular weight excluding hydrogens is 392 g/mol. The van der Waals surface area contributed by atoms with Crippen molar-refractivity contribution in [2.45, 2.75) is 19.9 Å². The lowest BCUT2D eigenvalue weighted by Crippen LogP contribution is -2.39. The Morgan fingerprint density at radius 1 is 1.34 bits per heavy atom. The quantitative estimate of drug-likeness (QED) is 0.665. The van der Waals surface area contributed by atoms with Gasteiger partial charge in [0.25, 0.3) is 5.56 Å². The smallest absolute Gasteiger partial charge is 0.338 e. The van der Waals surface area contributed by atoms with Gasteiger partial charge < -0.3 is 14.3 Å². The summed E-state index contributed by atoms with van der Waals surface area (Å²) in [5, 5.41) is 9.66. The first kappa shape index (κ1) is 18.9. The van der Waals surface area contributed by atoms with Gasteiger partial charge in [-0.05, 0) is 43.7 Å². The van der Waals surface area contributed by atoms with Crippen molar-refractivity contribution in [3.05, 3.63) is 84.9 Å². The van der Waals surface area contributed by atoms with Crippen LogP contribution < -0.4 is 14.9 Å². The van der Waals surface area contributed by atoms with E-state index in [-0.39, 0.29) is 17.9 Å². The lowest BCUT2D eigenvalue weighted by atomic mass is 9.96. The van der Waals surface area contributed by atoms with Crippen LogP contribution in [0.3, 0.4) is 0 Å². The van der Waals surface area contributed by atoms with Crippen molar-refractivity contribution in [1.82, 2.24) is 4.57 Å². The van der Waals surface area contributed by atoms with Crippen LogP contribution in [0.4, 0.5) is 0 Å². The normalized spacial score (nSPS) is 16.5. The second-order valence-electron chi connectivity index (χ2n) is 6.45. The number of phenolic OH excluding ortho intramolecular Hbond substituents is 1. The highest BCUT2D eigenvalue weighted by molar-refractivity contribution is 7.07. The number of benzene rings is 1. The molecule has 1 aliphatic heterocycles. The minimum Gasteiger partial charge on any atom is -0.508 e. The van der Waals surface area contributed by atoms with E-state index in [0.29, 0.717) is 26.2 Å². The second-order valence-corrected chi connectivity index (χ2v) is 7.46. The summed E-state index contributed by atoms with van der Waals surface area (Å²) in [5.41, 5.74) is 1.98. The van der Waals surface area contributed by atoms with Crippen molar-refractivity contribution < 1.29 is 19.1 Å². The van der Waals surface area contributed by atoms with Crippen molar-refractivity contribution in [3.8, 4) is 5.75 Å². The molecule has 0 bridgehead atoms. The van der Waals surface area contributed by atoms with E-state index in [2.05, 4.69) is 4.99 Å². The first-order chi connectivity index (χ1) is 14.0. The highest BCUT2D eigenvalue weighted by Gasteiger charge is 2.33. The summed E-state index contributed by atoms with van der Waals surface area (Å²) in [5.74, 6) is -0.421. The highest BCUT2D eigenvalue weighted by atomic mass is 32.1. The topological polar surface area (TPSA) is 94.0 Å². The minimum atomic E-state index is -0.697. The number of furan rings is 1. The first-order valence-electron chi connectivity index (χ1n) is 9.00. The molecule has 4 rings (SSSR count). The Morgan fingerprint density at radius 3 is 2.76 bits per heavy atom. The van der Waals surface area contributed by atoms with Gasteiger partial charge in [0.2, 0.25) is 0 Å². The van der Waals surface area contributed by atoms with E-state index in [1.165, 1.54) is 34.3 Å². The molecule has 0 saturated carbocycles. The lowest BCUT2D eigenvalue weighted by molar-refractivity contribution is -0.139. The number of esters is 1. The SMILES string of the molecule is CCOC(=O)C1=C(C)N=c2s/c(=C/c3ccoc3)c(=O)n2C1c1ccc(O)cc1. The van der Waals surface area contributed by atoms with E-state index in [1.807, 2.05) is 0 Å². The molecule has 8 heteroatoms. The van der Waals surface area contributed by atoms with Crippen LogP contribution in [0, 0.1) is 0 Å². The standard InChI is InChI=1S/C21H18N2O5S/c1-3-28-20(26)17-12(2)22-21-23(18(17)14-4-6-15(24)7-5-14)19(25)16(29-21)10-13-8-9-27-11-13/h4-11,18,24H,3H2,1-2H3/b16-10+. The van der Waals surface area contributed by atoms with E-state index < -0.39 is 12.0 Å². The summed E-state index contributed by atoms with van der Waals surface area (Å²) in [4.78, 5) is 31.0. The van der Waals surface area contributed by atoms with Gasteiger partial charge >= 0.3 is 5.97 Å². The van der Waals surface area contributed by atoms with Gasteiger partial charge in [-0.15, -0.1) is 0 Å². The van der Waals surface area contributed by atoms with Gasteiger partial charge in [-0.25, -0.2) is 9.79 Å². The summed E-state index contributed by atoms with van der Waals surface area (Å²) in [6.07, 6.45) is 4.81. The number of aromatic nitrogens is 1. The second kappa shape index (κ2) is 7.56. The number of hydrogen-bond donors (Lipinski definition) is 1. The molecule has 7 nitrogen and oxygen atoms in total. The average molecular weight is 410 g/mol. The molecular formula is C21H18N2O5S. The van der Waals surface area contributed by atoms with Crippen molar-refractivity contribution in [2.75, 3.05) is 6.61 Å². The molecule has 0 spiro atoms. The Morgan fingerprint density at radius 2 is 2.10 bits per heavy atom. The zero-order valence-corrected chi connectivity index (χ0v) is 16.6. The van der Waals surface area contributed by atoms with Gasteiger partial charge in [0.05, 0.1) is 41.0 Å². The molecule has 3 heterocycles. The molecule has 29 heavy (non-hydrogen) atoms. The van der Waals surface area contributed by atoms with Crippen molar-refractivity contribution >= 4 is 23.4 Å². The maximum atomic E-state index is 13.3. The van der Waals surface area contributed by atoms with Gasteiger partial charge in [-0.1, -0.05) is 23.5 Å². The Labute approximate surface area is 169 Å². The molecule has 1 unspecified atom stereocenters. The largest absolute Gasteiger partial charge is 0.508 e. The Bertz CT molecular complexity index is 1260. The Kier molecular flexibility index (Phi) is 4.94. The van der Waals surface area contributed by atoms with Gasteiger partial charge in [0, 0.05) is 5.56 Å². The van der Waals surface area contributed by atoms with Gasteiger partial charge in [0.1, 0.15) is 5.75 Å². The number of carbonyl (C=O) groups excluding carboxylic acids is 1. The highest BCUT2D eigenvalue weighted by Crippen LogP contribution is 2.31. The van der Waals surface area contributed by atoms with Crippen LogP contribution in [-0.4, -0.2) is 22.2 Å². The number of allylic oxidation sites excluding steroid dienone is 1. The Balaban J connectivity index is 1.97. The fourth-order valence-electron chi connectivity index (χ4n) is 3.27. The minimum absolute atomic E-state index is 0.0968. The molecule has 3 aromatic rings. The molecule has 1 aromatic carbocycles. The predicted octanol–water partition coefficient (Wildman–Crippen LogP) is 2.10. The number of nitrogens with zero attached hydrogens (tertiary/aromatic N) is 2. The number of thiazole rings is 1. The number of phenols is 1. The average Bonchev–Trinajstić information content (AvgIpc) is 3.30. The predicted molar refractivity (Wildman–Crippen MR) is 107 cm³/mol. The number of rotatable bonds is 4. The van der Waals surface area contributed by atoms with Crippen LogP contribution in [0.5, 0.6) is 5.75 Å². The zero-order valence-electron chi connectivity index (χ0n) is 15.8. The van der Waals surface area contributed by atoms with Gasteiger partial charge in [-0.3, -0.25) is 9.36 Å². The maximum Gasteiger partial charge on any atom is 0.338 e. The fraction of sp³-hybridized carbons (Fsp3) is 0.190. The zero-order chi connectivity index (χ0) is 20.5. The van der Waals surface area contributed by atoms with Crippen molar-refractivity contribution in [3.63, 3.8) is 0 Å². The number of fused-ring (bicyclic) bond motifs is 1. The van der Waals surface area contributed by atoms with Crippen molar-refractivity contribution in [1.29, 1.82) is 0 Å². The third kappa shape index (κ3) is 3.42. The monoisotopic (exact) mass is 410 g/mol. The molecule has 0 amide bonds. The van der Waals surface area contributed by atoms with E-state index in [9.17, 15) is 14.7 Å². The van der Waals surface area contributed by atoms with Crippen LogP contribution in [0.15, 0.2) is 68.3 Å². The number of hydrogen-bond acceptors (Lipinski definition) is 7. The number of carbonyl (C=O) groups is 1. The Hall–Kier alpha value is -3.39. The third-order valence-electron chi connectivity index (χ3n) is 4.57. The molecule has 1 atom stereocenters. The summed E-state index contributed by atoms with van der Waals surface area (Å²) in [7, 11) is 0. The summed E-state index contributed by atoms with van der Waals surface area (Å²) in [6.45, 7) is 3.67. The number of ether oxygens (including phenoxy) is 1. The molecule has 1 N–H and O–H groups in total. The molecule has 0 radical (unpaired) electrons. The van der Waals surface area contributed by atoms with E-state index in [4.69, 9.17) is 9.15 Å². The molecule has 0 aliphatic carbocycles. The van der Waals surface area contributed by atoms with Crippen LogP contribution in [0.1, 0.15) is 31.0 Å². The summed E-state index contributed by atoms with van der Waals surface area (Å²) in [6, 6.07) is 7.47. The van der Waals surface area contributed by atoms with E-state index >= 15 is 0 Å². The van der Waals surface area contributed by atoms with Crippen LogP contribution >= 0.6 is 11.3 Å². The first-order valence-corrected chi connectivity index (χ1v) is 9.82. The van der Waals surface area contributed by atoms with Gasteiger partial charge in [-0.2, -0.15) is 0 Å². The molecule has 2 aromatic heterocycles. The molecule has 148 valence electrons. The van der Waals surface area contributed by atoms with E-state index in [1.54, 1.807) is 44.4 Å². The van der Waals surface area contributed by atoms with Crippen LogP contribution in [0.2, 0.25) is 0 Å². The molecule has 1 aliphatic rings. The van der Waals surface area contributed by atoms with Crippen LogP contribution in [-0.2, 0) is 9.53 Å². The molecule has 0 fully saturated rings. The van der Waals surface area contributed by atoms with E-state index in [0.717, 1.165) is 5.56 Å². The fourth-order valence-corrected chi connectivity index (χ4v) is 4.32. The summed E-state index contributed by atoms with van der Waals surface area (Å²) < 4.78 is 12.3. The third-order valence-corrected chi connectivity index (χ3v) is 5.55. The van der Waals surface area contributed by atoms with Crippen molar-refractivity contribution in [2.24, 2.45) is 4.99 Å². The number of aromatic hydroxyl groups is 1.